The predicted octanol–water partition coefficient (Wildman–Crippen LogP) is 4.90. The number of aromatic nitrogens is 2. The zero-order chi connectivity index (χ0) is 23.9. The van der Waals surface area contributed by atoms with Crippen molar-refractivity contribution in [1.29, 1.82) is 0 Å². The third-order valence-corrected chi connectivity index (χ3v) is 7.00. The van der Waals surface area contributed by atoms with Crippen LogP contribution in [0.4, 0.5) is 11.8 Å². The van der Waals surface area contributed by atoms with Gasteiger partial charge in [-0.25, -0.2) is 0 Å². The van der Waals surface area contributed by atoms with Crippen LogP contribution in [0.2, 0.25) is 0 Å². The molecule has 2 heterocycles. The number of morpholine rings is 1. The molecule has 5 rings (SSSR count). The lowest BCUT2D eigenvalue weighted by atomic mass is 9.79. The number of anilines is 2. The molecule has 1 saturated carbocycles. The van der Waals surface area contributed by atoms with Crippen LogP contribution in [-0.4, -0.2) is 47.9 Å². The van der Waals surface area contributed by atoms with Gasteiger partial charge in [0.25, 0.3) is 0 Å². The number of hydrogen-bond acceptors (Lipinski definition) is 6. The molecule has 8 heteroatoms. The van der Waals surface area contributed by atoms with Crippen LogP contribution in [0.1, 0.15) is 31.2 Å². The second kappa shape index (κ2) is 11.0. The second-order valence-corrected chi connectivity index (χ2v) is 9.47. The van der Waals surface area contributed by atoms with Gasteiger partial charge >= 0.3 is 0 Å². The van der Waals surface area contributed by atoms with Crippen LogP contribution in [0, 0.1) is 0 Å². The summed E-state index contributed by atoms with van der Waals surface area (Å²) in [4.78, 5) is 11.5. The Morgan fingerprint density at radius 1 is 0.971 bits per heavy atom. The van der Waals surface area contributed by atoms with Crippen LogP contribution in [0.5, 0.6) is 11.6 Å². The lowest BCUT2D eigenvalue weighted by Crippen LogP contribution is -2.41. The first-order valence-corrected chi connectivity index (χ1v) is 12.7. The summed E-state index contributed by atoms with van der Waals surface area (Å²) in [6.07, 6.45) is 4.79. The van der Waals surface area contributed by atoms with Crippen LogP contribution in [0.25, 0.3) is 0 Å². The summed E-state index contributed by atoms with van der Waals surface area (Å²) in [5.41, 5.74) is 1.47. The Morgan fingerprint density at radius 2 is 1.66 bits per heavy atom. The van der Waals surface area contributed by atoms with Gasteiger partial charge < -0.3 is 25.0 Å². The van der Waals surface area contributed by atoms with Crippen molar-refractivity contribution in [1.82, 2.24) is 15.3 Å². The Labute approximate surface area is 211 Å². The zero-order valence-electron chi connectivity index (χ0n) is 19.8. The average Bonchev–Trinajstić information content (AvgIpc) is 3.39. The number of benzene rings is 2. The molecule has 0 amide bonds. The molecule has 0 unspecified atom stereocenters. The molecular weight excluding hydrogens is 458 g/mol. The third-order valence-electron chi connectivity index (χ3n) is 6.75. The number of rotatable bonds is 7. The second-order valence-electron chi connectivity index (χ2n) is 9.06. The predicted molar refractivity (Wildman–Crippen MR) is 142 cm³/mol. The van der Waals surface area contributed by atoms with Crippen LogP contribution < -0.4 is 20.3 Å². The van der Waals surface area contributed by atoms with Crippen molar-refractivity contribution < 1.29 is 9.47 Å². The first kappa shape index (κ1) is 23.5. The summed E-state index contributed by atoms with van der Waals surface area (Å²) in [6.45, 7) is 3.65. The normalized spacial score (nSPS) is 17.1. The number of nitrogens with zero attached hydrogens (tertiary/aromatic N) is 3. The molecule has 1 aliphatic heterocycles. The van der Waals surface area contributed by atoms with E-state index in [1.165, 1.54) is 18.4 Å². The van der Waals surface area contributed by atoms with E-state index in [4.69, 9.17) is 26.7 Å². The minimum atomic E-state index is 0.102. The van der Waals surface area contributed by atoms with Gasteiger partial charge in [0.15, 0.2) is 5.11 Å². The van der Waals surface area contributed by atoms with E-state index in [0.717, 1.165) is 44.0 Å². The number of nitrogens with one attached hydrogen (secondary N) is 2. The Morgan fingerprint density at radius 3 is 2.37 bits per heavy atom. The highest BCUT2D eigenvalue weighted by atomic mass is 32.1. The topological polar surface area (TPSA) is 71.5 Å². The Hall–Kier alpha value is -3.23. The minimum absolute atomic E-state index is 0.102. The van der Waals surface area contributed by atoms with Crippen molar-refractivity contribution in [2.75, 3.05) is 43.1 Å². The maximum absolute atomic E-state index is 6.03. The molecule has 2 aromatic carbocycles. The molecule has 0 spiro atoms. The molecule has 2 N–H and O–H groups in total. The Kier molecular flexibility index (Phi) is 7.39. The third kappa shape index (κ3) is 5.89. The van der Waals surface area contributed by atoms with Gasteiger partial charge in [0.2, 0.25) is 11.8 Å². The van der Waals surface area contributed by atoms with Gasteiger partial charge in [0.05, 0.1) is 13.2 Å². The summed E-state index contributed by atoms with van der Waals surface area (Å²) in [6, 6.07) is 22.2. The lowest BCUT2D eigenvalue weighted by molar-refractivity contribution is 0.122. The van der Waals surface area contributed by atoms with Gasteiger partial charge in [-0.2, -0.15) is 9.97 Å². The van der Waals surface area contributed by atoms with Crippen molar-refractivity contribution in [3.8, 4) is 11.6 Å². The number of hydrogen-bond donors (Lipinski definition) is 2. The maximum Gasteiger partial charge on any atom is 0.234 e. The highest BCUT2D eigenvalue weighted by molar-refractivity contribution is 7.80. The molecule has 1 aliphatic carbocycles. The highest BCUT2D eigenvalue weighted by Gasteiger charge is 2.35. The molecule has 1 aromatic heterocycles. The fourth-order valence-corrected chi connectivity index (χ4v) is 5.05. The number of ether oxygens (including phenoxy) is 2. The van der Waals surface area contributed by atoms with Gasteiger partial charge in [-0.15, -0.1) is 0 Å². The summed E-state index contributed by atoms with van der Waals surface area (Å²) in [7, 11) is 0. The van der Waals surface area contributed by atoms with Crippen molar-refractivity contribution in [3.63, 3.8) is 0 Å². The monoisotopic (exact) mass is 489 g/mol. The minimum Gasteiger partial charge on any atom is -0.439 e. The van der Waals surface area contributed by atoms with Gasteiger partial charge in [0, 0.05) is 31.1 Å². The van der Waals surface area contributed by atoms with Crippen molar-refractivity contribution in [3.05, 3.63) is 72.3 Å². The Bertz CT molecular complexity index is 1120. The maximum atomic E-state index is 6.03. The number of para-hydroxylation sites is 1. The lowest BCUT2D eigenvalue weighted by Gasteiger charge is -2.30. The van der Waals surface area contributed by atoms with Crippen LogP contribution >= 0.6 is 12.2 Å². The highest BCUT2D eigenvalue weighted by Crippen LogP contribution is 2.40. The standard InChI is InChI=1S/C27H31N5O2S/c35-26(28-20-27(13-7-8-14-27)21-9-3-1-4-10-21)31-25-29-23(32-15-17-33-18-16-32)19-24(30-25)34-22-11-5-2-6-12-22/h1-6,9-12,19H,7-8,13-18,20H2,(H2,28,29,30,31,35). The van der Waals surface area contributed by atoms with Crippen molar-refractivity contribution in [2.45, 2.75) is 31.1 Å². The first-order valence-electron chi connectivity index (χ1n) is 12.3. The quantitative estimate of drug-likeness (QED) is 0.454. The van der Waals surface area contributed by atoms with E-state index in [1.54, 1.807) is 0 Å². The van der Waals surface area contributed by atoms with E-state index >= 15 is 0 Å². The van der Waals surface area contributed by atoms with Gasteiger partial charge in [-0.1, -0.05) is 61.4 Å². The van der Waals surface area contributed by atoms with E-state index in [2.05, 4.69) is 50.8 Å². The van der Waals surface area contributed by atoms with Crippen LogP contribution in [0.3, 0.4) is 0 Å². The van der Waals surface area contributed by atoms with E-state index in [-0.39, 0.29) is 5.41 Å². The SMILES string of the molecule is S=C(NCC1(c2ccccc2)CCCC1)Nc1nc(Oc2ccccc2)cc(N2CCOCC2)n1. The molecule has 0 bridgehead atoms. The molecule has 2 fully saturated rings. The van der Waals surface area contributed by atoms with E-state index < -0.39 is 0 Å². The van der Waals surface area contributed by atoms with E-state index in [0.29, 0.717) is 30.2 Å². The van der Waals surface area contributed by atoms with Crippen molar-refractivity contribution >= 4 is 29.1 Å². The average molecular weight is 490 g/mol. The molecule has 2 aliphatic rings. The molecule has 182 valence electrons. The van der Waals surface area contributed by atoms with Crippen molar-refractivity contribution in [2.24, 2.45) is 0 Å². The van der Waals surface area contributed by atoms with E-state index in [9.17, 15) is 0 Å². The fourth-order valence-electron chi connectivity index (χ4n) is 4.89. The molecule has 1 saturated heterocycles. The first-order chi connectivity index (χ1) is 17.2. The molecular formula is C27H31N5O2S. The van der Waals surface area contributed by atoms with E-state index in [1.807, 2.05) is 36.4 Å². The fraction of sp³-hybridized carbons (Fsp3) is 0.370. The Balaban J connectivity index is 1.31. The molecule has 35 heavy (non-hydrogen) atoms. The van der Waals surface area contributed by atoms with Gasteiger partial charge in [-0.3, -0.25) is 0 Å². The molecule has 3 aromatic rings. The van der Waals surface area contributed by atoms with Gasteiger partial charge in [-0.05, 0) is 42.8 Å². The zero-order valence-corrected chi connectivity index (χ0v) is 20.6. The summed E-state index contributed by atoms with van der Waals surface area (Å²) in [5, 5.41) is 7.16. The molecule has 7 nitrogen and oxygen atoms in total. The summed E-state index contributed by atoms with van der Waals surface area (Å²) < 4.78 is 11.5. The largest absolute Gasteiger partial charge is 0.439 e. The smallest absolute Gasteiger partial charge is 0.234 e. The molecule has 0 radical (unpaired) electrons. The summed E-state index contributed by atoms with van der Waals surface area (Å²) >= 11 is 5.67. The summed E-state index contributed by atoms with van der Waals surface area (Å²) in [5.74, 6) is 2.39. The van der Waals surface area contributed by atoms with Gasteiger partial charge in [0.1, 0.15) is 11.6 Å². The van der Waals surface area contributed by atoms with Crippen LogP contribution in [-0.2, 0) is 10.2 Å². The molecule has 0 atom stereocenters. The number of thiocarbonyl (C=S) groups is 1. The van der Waals surface area contributed by atoms with Crippen LogP contribution in [0.15, 0.2) is 66.7 Å².